The van der Waals surface area contributed by atoms with Gasteiger partial charge >= 0.3 is 0 Å². The van der Waals surface area contributed by atoms with Crippen molar-refractivity contribution in [3.05, 3.63) is 64.9 Å². The lowest BCUT2D eigenvalue weighted by atomic mass is 10.1. The molecule has 1 fully saturated rings. The van der Waals surface area contributed by atoms with Gasteiger partial charge in [-0.2, -0.15) is 0 Å². The first-order valence-corrected chi connectivity index (χ1v) is 12.5. The van der Waals surface area contributed by atoms with Gasteiger partial charge in [0.25, 0.3) is 10.0 Å². The SMILES string of the molecule is CNC1CCc2c1cn(S(=O)(=O)c1cccc(Cl)c1)c2-c1ccc(N2CCOCC2)nc1. The Kier molecular flexibility index (Phi) is 5.71. The van der Waals surface area contributed by atoms with E-state index >= 15 is 0 Å². The van der Waals surface area contributed by atoms with Gasteiger partial charge in [0.2, 0.25) is 0 Å². The summed E-state index contributed by atoms with van der Waals surface area (Å²) in [4.78, 5) is 7.00. The van der Waals surface area contributed by atoms with Crippen LogP contribution in [0.5, 0.6) is 0 Å². The van der Waals surface area contributed by atoms with Crippen LogP contribution in [-0.2, 0) is 21.2 Å². The summed E-state index contributed by atoms with van der Waals surface area (Å²) in [6.07, 6.45) is 5.27. The van der Waals surface area contributed by atoms with Crippen LogP contribution in [-0.4, -0.2) is 50.7 Å². The number of pyridine rings is 1. The third-order valence-electron chi connectivity index (χ3n) is 6.23. The topological polar surface area (TPSA) is 76.5 Å². The fourth-order valence-electron chi connectivity index (χ4n) is 4.58. The Morgan fingerprint density at radius 2 is 2.00 bits per heavy atom. The predicted molar refractivity (Wildman–Crippen MR) is 125 cm³/mol. The number of nitrogens with one attached hydrogen (secondary N) is 1. The van der Waals surface area contributed by atoms with Gasteiger partial charge in [0.15, 0.2) is 0 Å². The van der Waals surface area contributed by atoms with Crippen molar-refractivity contribution < 1.29 is 13.2 Å². The predicted octanol–water partition coefficient (Wildman–Crippen LogP) is 3.48. The molecule has 2 aliphatic rings. The lowest BCUT2D eigenvalue weighted by Gasteiger charge is -2.27. The monoisotopic (exact) mass is 472 g/mol. The molecule has 3 aromatic rings. The highest BCUT2D eigenvalue weighted by Crippen LogP contribution is 2.41. The summed E-state index contributed by atoms with van der Waals surface area (Å²) in [5.74, 6) is 0.873. The number of benzene rings is 1. The molecule has 5 rings (SSSR count). The van der Waals surface area contributed by atoms with E-state index in [2.05, 4.69) is 15.2 Å². The smallest absolute Gasteiger partial charge is 0.268 e. The summed E-state index contributed by atoms with van der Waals surface area (Å²) in [7, 11) is -1.93. The van der Waals surface area contributed by atoms with Gasteiger partial charge in [-0.05, 0) is 61.3 Å². The molecular weight excluding hydrogens is 448 g/mol. The molecule has 32 heavy (non-hydrogen) atoms. The van der Waals surface area contributed by atoms with E-state index < -0.39 is 10.0 Å². The summed E-state index contributed by atoms with van der Waals surface area (Å²) in [5, 5.41) is 3.69. The first-order chi connectivity index (χ1) is 15.5. The fourth-order valence-corrected chi connectivity index (χ4v) is 6.30. The van der Waals surface area contributed by atoms with E-state index in [-0.39, 0.29) is 10.9 Å². The average molecular weight is 473 g/mol. The van der Waals surface area contributed by atoms with Crippen LogP contribution < -0.4 is 10.2 Å². The van der Waals surface area contributed by atoms with E-state index in [4.69, 9.17) is 16.3 Å². The van der Waals surface area contributed by atoms with Crippen molar-refractivity contribution in [2.75, 3.05) is 38.3 Å². The van der Waals surface area contributed by atoms with E-state index in [1.165, 1.54) is 10.0 Å². The summed E-state index contributed by atoms with van der Waals surface area (Å²) in [6.45, 7) is 2.96. The van der Waals surface area contributed by atoms with Gasteiger partial charge in [0.05, 0.1) is 23.8 Å². The van der Waals surface area contributed by atoms with Gasteiger partial charge in [0.1, 0.15) is 5.82 Å². The highest BCUT2D eigenvalue weighted by atomic mass is 35.5. The Morgan fingerprint density at radius 3 is 2.69 bits per heavy atom. The zero-order valence-corrected chi connectivity index (χ0v) is 19.4. The number of halogens is 1. The van der Waals surface area contributed by atoms with E-state index in [0.29, 0.717) is 23.9 Å². The molecule has 2 aromatic heterocycles. The maximum Gasteiger partial charge on any atom is 0.268 e. The second-order valence-corrected chi connectivity index (χ2v) is 10.3. The van der Waals surface area contributed by atoms with Gasteiger partial charge in [-0.3, -0.25) is 0 Å². The minimum atomic E-state index is -3.83. The second kappa shape index (κ2) is 8.51. The molecule has 0 spiro atoms. The Labute approximate surface area is 193 Å². The molecule has 168 valence electrons. The lowest BCUT2D eigenvalue weighted by molar-refractivity contribution is 0.122. The fraction of sp³-hybridized carbons (Fsp3) is 0.348. The Morgan fingerprint density at radius 1 is 1.19 bits per heavy atom. The van der Waals surface area contributed by atoms with Crippen LogP contribution >= 0.6 is 11.6 Å². The molecule has 0 radical (unpaired) electrons. The zero-order chi connectivity index (χ0) is 22.3. The van der Waals surface area contributed by atoms with Crippen molar-refractivity contribution in [2.45, 2.75) is 23.8 Å². The molecule has 9 heteroatoms. The molecule has 0 bridgehead atoms. The molecule has 3 heterocycles. The van der Waals surface area contributed by atoms with E-state index in [1.807, 2.05) is 19.2 Å². The minimum absolute atomic E-state index is 0.125. The number of aromatic nitrogens is 2. The van der Waals surface area contributed by atoms with Crippen molar-refractivity contribution in [3.63, 3.8) is 0 Å². The molecule has 0 saturated carbocycles. The summed E-state index contributed by atoms with van der Waals surface area (Å²) in [6, 6.07) is 10.4. The van der Waals surface area contributed by atoms with Crippen molar-refractivity contribution in [2.24, 2.45) is 0 Å². The van der Waals surface area contributed by atoms with Crippen LogP contribution in [0.15, 0.2) is 53.7 Å². The number of rotatable bonds is 5. The van der Waals surface area contributed by atoms with Gasteiger partial charge in [-0.15, -0.1) is 0 Å². The number of morpholine rings is 1. The number of anilines is 1. The number of hydrogen-bond acceptors (Lipinski definition) is 6. The largest absolute Gasteiger partial charge is 0.378 e. The quantitative estimate of drug-likeness (QED) is 0.612. The van der Waals surface area contributed by atoms with Crippen molar-refractivity contribution >= 4 is 27.4 Å². The number of hydrogen-bond donors (Lipinski definition) is 1. The number of ether oxygens (including phenoxy) is 1. The Hall–Kier alpha value is -2.39. The van der Waals surface area contributed by atoms with Crippen molar-refractivity contribution in [1.82, 2.24) is 14.3 Å². The molecule has 1 aliphatic carbocycles. The van der Waals surface area contributed by atoms with Gasteiger partial charge in [-0.25, -0.2) is 17.4 Å². The summed E-state index contributed by atoms with van der Waals surface area (Å²) >= 11 is 6.10. The number of fused-ring (bicyclic) bond motifs is 1. The molecule has 1 aromatic carbocycles. The third-order valence-corrected chi connectivity index (χ3v) is 8.12. The van der Waals surface area contributed by atoms with E-state index in [9.17, 15) is 8.42 Å². The van der Waals surface area contributed by atoms with Gasteiger partial charge < -0.3 is 15.0 Å². The minimum Gasteiger partial charge on any atom is -0.378 e. The Balaban J connectivity index is 1.62. The normalized spacial score (nSPS) is 18.7. The molecule has 1 atom stereocenters. The number of nitrogens with zero attached hydrogens (tertiary/aromatic N) is 3. The van der Waals surface area contributed by atoms with Crippen LogP contribution in [0.1, 0.15) is 23.6 Å². The molecule has 1 N–H and O–H groups in total. The maximum absolute atomic E-state index is 13.6. The maximum atomic E-state index is 13.6. The molecular formula is C23H25ClN4O3S. The van der Waals surface area contributed by atoms with Crippen LogP contribution in [0.4, 0.5) is 5.82 Å². The summed E-state index contributed by atoms with van der Waals surface area (Å²) in [5.41, 5.74) is 3.53. The standard InChI is InChI=1S/C23H25ClN4O3S/c1-25-21-7-6-19-20(21)15-28(32(29,30)18-4-2-3-17(24)13-18)23(19)16-5-8-22(26-14-16)27-9-11-31-12-10-27/h2-5,8,13-15,21,25H,6-7,9-12H2,1H3. The molecule has 1 saturated heterocycles. The third kappa shape index (κ3) is 3.71. The molecule has 1 unspecified atom stereocenters. The molecule has 1 aliphatic heterocycles. The van der Waals surface area contributed by atoms with Crippen molar-refractivity contribution in [1.29, 1.82) is 0 Å². The molecule has 7 nitrogen and oxygen atoms in total. The average Bonchev–Trinajstić information content (AvgIpc) is 3.39. The lowest BCUT2D eigenvalue weighted by Crippen LogP contribution is -2.36. The first kappa shape index (κ1) is 21.5. The Bertz CT molecular complexity index is 1230. The zero-order valence-electron chi connectivity index (χ0n) is 17.8. The van der Waals surface area contributed by atoms with Gasteiger partial charge in [0, 0.05) is 42.1 Å². The van der Waals surface area contributed by atoms with Crippen LogP contribution in [0, 0.1) is 0 Å². The van der Waals surface area contributed by atoms with Gasteiger partial charge in [-0.1, -0.05) is 17.7 Å². The van der Waals surface area contributed by atoms with Crippen LogP contribution in [0.2, 0.25) is 5.02 Å². The van der Waals surface area contributed by atoms with Crippen molar-refractivity contribution in [3.8, 4) is 11.3 Å². The second-order valence-electron chi connectivity index (χ2n) is 8.05. The van der Waals surface area contributed by atoms with E-state index in [1.54, 1.807) is 30.6 Å². The first-order valence-electron chi connectivity index (χ1n) is 10.7. The molecule has 0 amide bonds. The van der Waals surface area contributed by atoms with Crippen LogP contribution in [0.25, 0.3) is 11.3 Å². The van der Waals surface area contributed by atoms with Crippen LogP contribution in [0.3, 0.4) is 0 Å². The highest BCUT2D eigenvalue weighted by molar-refractivity contribution is 7.90. The summed E-state index contributed by atoms with van der Waals surface area (Å²) < 4.78 is 34.1. The van der Waals surface area contributed by atoms with E-state index in [0.717, 1.165) is 48.4 Å². The highest BCUT2D eigenvalue weighted by Gasteiger charge is 2.32.